The third kappa shape index (κ3) is 5.18. The van der Waals surface area contributed by atoms with E-state index in [9.17, 15) is 29.8 Å². The Morgan fingerprint density at radius 3 is 2.10 bits per heavy atom. The van der Waals surface area contributed by atoms with Crippen molar-refractivity contribution in [1.82, 2.24) is 10.4 Å². The number of nitrogens with one attached hydrogen (secondary N) is 1. The van der Waals surface area contributed by atoms with E-state index >= 15 is 0 Å². The van der Waals surface area contributed by atoms with Crippen LogP contribution in [0.2, 0.25) is 0 Å². The Hall–Kier alpha value is -3.90. The topological polar surface area (TPSA) is 136 Å². The minimum Gasteiger partial charge on any atom is -0.267 e. The van der Waals surface area contributed by atoms with Crippen molar-refractivity contribution in [3.63, 3.8) is 0 Å². The molecule has 1 heterocycles. The van der Waals surface area contributed by atoms with Gasteiger partial charge in [-0.1, -0.05) is 23.9 Å². The Morgan fingerprint density at radius 2 is 1.55 bits per heavy atom. The third-order valence-corrected chi connectivity index (χ3v) is 5.31. The molecule has 2 amide bonds. The summed E-state index contributed by atoms with van der Waals surface area (Å²) >= 11 is 6.13. The lowest BCUT2D eigenvalue weighted by Crippen LogP contribution is -2.44. The van der Waals surface area contributed by atoms with Gasteiger partial charge in [-0.2, -0.15) is 5.01 Å². The highest BCUT2D eigenvalue weighted by molar-refractivity contribution is 8.26. The highest BCUT2D eigenvalue weighted by Gasteiger charge is 2.33. The zero-order valence-electron chi connectivity index (χ0n) is 15.5. The molecule has 0 aromatic heterocycles. The number of thiocarbonyl (C=S) groups is 1. The van der Waals surface area contributed by atoms with E-state index in [1.807, 2.05) is 0 Å². The van der Waals surface area contributed by atoms with Crippen LogP contribution in [-0.4, -0.2) is 31.0 Å². The van der Waals surface area contributed by atoms with E-state index in [1.54, 1.807) is 24.3 Å². The van der Waals surface area contributed by atoms with E-state index in [2.05, 4.69) is 5.43 Å². The fourth-order valence-corrected chi connectivity index (χ4v) is 3.56. The first-order valence-electron chi connectivity index (χ1n) is 8.51. The molecule has 2 aromatic rings. The number of allylic oxidation sites excluding steroid dienone is 2. The molecule has 2 aromatic carbocycles. The molecule has 156 valence electrons. The van der Waals surface area contributed by atoms with Crippen molar-refractivity contribution in [2.45, 2.75) is 0 Å². The van der Waals surface area contributed by atoms with Gasteiger partial charge in [0.05, 0.1) is 14.8 Å². The number of benzene rings is 2. The molecule has 31 heavy (non-hydrogen) atoms. The lowest BCUT2D eigenvalue weighted by atomic mass is 10.2. The molecule has 0 spiro atoms. The van der Waals surface area contributed by atoms with Crippen LogP contribution in [-0.2, 0) is 4.79 Å². The number of non-ortho nitro benzene ring substituents is 2. The number of nitrogens with zero attached hydrogens (tertiary/aromatic N) is 3. The van der Waals surface area contributed by atoms with E-state index in [1.165, 1.54) is 42.5 Å². The standard InChI is InChI=1S/C19H12N4O6S2/c24-17(13-6-10-15(11-7-13)23(28)29)20-21-18(25)16(31-19(21)30)3-1-2-12-4-8-14(9-5-12)22(26)27/h1-11H,(H,20,24). The van der Waals surface area contributed by atoms with Crippen LogP contribution in [0.5, 0.6) is 0 Å². The van der Waals surface area contributed by atoms with Crippen molar-refractivity contribution in [2.75, 3.05) is 0 Å². The number of carbonyl (C=O) groups excluding carboxylic acids is 2. The summed E-state index contributed by atoms with van der Waals surface area (Å²) in [5.74, 6) is -1.17. The zero-order chi connectivity index (χ0) is 22.5. The molecule has 10 nitrogen and oxygen atoms in total. The summed E-state index contributed by atoms with van der Waals surface area (Å²) in [7, 11) is 0. The van der Waals surface area contributed by atoms with E-state index in [0.717, 1.165) is 16.8 Å². The van der Waals surface area contributed by atoms with Gasteiger partial charge in [-0.25, -0.2) is 0 Å². The Kier molecular flexibility index (Phi) is 6.52. The van der Waals surface area contributed by atoms with Gasteiger partial charge in [0.25, 0.3) is 23.2 Å². The number of nitro benzene ring substituents is 2. The Balaban J connectivity index is 1.66. The summed E-state index contributed by atoms with van der Waals surface area (Å²) in [4.78, 5) is 45.4. The first-order valence-corrected chi connectivity index (χ1v) is 9.73. The number of thioether (sulfide) groups is 1. The van der Waals surface area contributed by atoms with Crippen molar-refractivity contribution in [1.29, 1.82) is 0 Å². The van der Waals surface area contributed by atoms with Gasteiger partial charge in [0.1, 0.15) is 0 Å². The largest absolute Gasteiger partial charge is 0.285 e. The monoisotopic (exact) mass is 456 g/mol. The van der Waals surface area contributed by atoms with Gasteiger partial charge in [-0.15, -0.1) is 0 Å². The Morgan fingerprint density at radius 1 is 1.00 bits per heavy atom. The fraction of sp³-hybridized carbons (Fsp3) is 0. The average molecular weight is 456 g/mol. The van der Waals surface area contributed by atoms with E-state index in [4.69, 9.17) is 12.2 Å². The van der Waals surface area contributed by atoms with Crippen LogP contribution < -0.4 is 5.43 Å². The lowest BCUT2D eigenvalue weighted by Gasteiger charge is -2.15. The molecule has 0 saturated carbocycles. The van der Waals surface area contributed by atoms with Crippen LogP contribution in [0.25, 0.3) is 6.08 Å². The van der Waals surface area contributed by atoms with Crippen molar-refractivity contribution >= 4 is 57.6 Å². The summed E-state index contributed by atoms with van der Waals surface area (Å²) < 4.78 is 0.121. The van der Waals surface area contributed by atoms with Crippen molar-refractivity contribution in [2.24, 2.45) is 0 Å². The lowest BCUT2D eigenvalue weighted by molar-refractivity contribution is -0.385. The third-order valence-electron chi connectivity index (χ3n) is 3.99. The maximum Gasteiger partial charge on any atom is 0.285 e. The molecule has 0 atom stereocenters. The fourth-order valence-electron chi connectivity index (χ4n) is 2.43. The smallest absolute Gasteiger partial charge is 0.267 e. The SMILES string of the molecule is O=C(NN1C(=O)C(=CC=Cc2ccc([N+](=O)[O-])cc2)SC1=S)c1ccc([N+](=O)[O-])cc1. The number of carbonyl (C=O) groups is 2. The van der Waals surface area contributed by atoms with E-state index in [0.29, 0.717) is 5.56 Å². The predicted molar refractivity (Wildman–Crippen MR) is 118 cm³/mol. The summed E-state index contributed by atoms with van der Waals surface area (Å²) in [5.41, 5.74) is 3.02. The maximum absolute atomic E-state index is 12.5. The molecule has 1 saturated heterocycles. The number of hydrogen-bond donors (Lipinski definition) is 1. The van der Waals surface area contributed by atoms with Gasteiger partial charge >= 0.3 is 0 Å². The molecule has 0 bridgehead atoms. The Labute approximate surface area is 184 Å². The van der Waals surface area contributed by atoms with Crippen LogP contribution in [0.3, 0.4) is 0 Å². The van der Waals surface area contributed by atoms with Gasteiger partial charge in [-0.3, -0.25) is 35.2 Å². The number of hydrogen-bond acceptors (Lipinski definition) is 8. The number of rotatable bonds is 6. The highest BCUT2D eigenvalue weighted by atomic mass is 32.2. The van der Waals surface area contributed by atoms with Crippen molar-refractivity contribution in [3.05, 3.63) is 96.9 Å². The van der Waals surface area contributed by atoms with Crippen molar-refractivity contribution < 1.29 is 19.4 Å². The van der Waals surface area contributed by atoms with E-state index < -0.39 is 21.7 Å². The van der Waals surface area contributed by atoms with Gasteiger partial charge in [0.15, 0.2) is 4.32 Å². The molecule has 0 aliphatic carbocycles. The molecular formula is C19H12N4O6S2. The molecule has 3 rings (SSSR count). The number of amides is 2. The molecule has 0 radical (unpaired) electrons. The first-order chi connectivity index (χ1) is 14.8. The maximum atomic E-state index is 12.5. The highest BCUT2D eigenvalue weighted by Crippen LogP contribution is 2.30. The summed E-state index contributed by atoms with van der Waals surface area (Å²) in [5, 5.41) is 22.3. The molecule has 1 fully saturated rings. The molecule has 1 aliphatic heterocycles. The summed E-state index contributed by atoms with van der Waals surface area (Å²) in [6.45, 7) is 0. The quantitative estimate of drug-likeness (QED) is 0.301. The van der Waals surface area contributed by atoms with Crippen molar-refractivity contribution in [3.8, 4) is 0 Å². The van der Waals surface area contributed by atoms with Gasteiger partial charge in [0, 0.05) is 29.8 Å². The van der Waals surface area contributed by atoms with Crippen LogP contribution >= 0.6 is 24.0 Å². The molecule has 0 unspecified atom stereocenters. The second-order valence-corrected chi connectivity index (χ2v) is 7.67. The second-order valence-electron chi connectivity index (χ2n) is 5.99. The molecular weight excluding hydrogens is 444 g/mol. The average Bonchev–Trinajstić information content (AvgIpc) is 3.01. The van der Waals surface area contributed by atoms with Crippen LogP contribution in [0.15, 0.2) is 65.6 Å². The predicted octanol–water partition coefficient (Wildman–Crippen LogP) is 3.61. The van der Waals surface area contributed by atoms with Crippen LogP contribution in [0, 0.1) is 20.2 Å². The first kappa shape index (κ1) is 21.8. The zero-order valence-corrected chi connectivity index (χ0v) is 17.1. The normalized spacial score (nSPS) is 15.0. The van der Waals surface area contributed by atoms with Crippen LogP contribution in [0.1, 0.15) is 15.9 Å². The minimum absolute atomic E-state index is 0.0261. The van der Waals surface area contributed by atoms with E-state index in [-0.39, 0.29) is 26.2 Å². The summed E-state index contributed by atoms with van der Waals surface area (Å²) in [6.07, 6.45) is 4.76. The number of hydrazine groups is 1. The van der Waals surface area contributed by atoms with Gasteiger partial charge in [0.2, 0.25) is 0 Å². The number of nitro groups is 2. The molecule has 1 N–H and O–H groups in total. The summed E-state index contributed by atoms with van der Waals surface area (Å²) in [6, 6.07) is 10.8. The van der Waals surface area contributed by atoms with Gasteiger partial charge < -0.3 is 0 Å². The Bertz CT molecular complexity index is 1140. The van der Waals surface area contributed by atoms with Gasteiger partial charge in [-0.05, 0) is 48.1 Å². The molecule has 12 heteroatoms. The molecule has 1 aliphatic rings. The minimum atomic E-state index is -0.645. The van der Waals surface area contributed by atoms with Crippen LogP contribution in [0.4, 0.5) is 11.4 Å². The second kappa shape index (κ2) is 9.28.